The van der Waals surface area contributed by atoms with Gasteiger partial charge >= 0.3 is 5.97 Å². The summed E-state index contributed by atoms with van der Waals surface area (Å²) in [6.07, 6.45) is 4.05. The first-order valence-corrected chi connectivity index (χ1v) is 8.09. The van der Waals surface area contributed by atoms with Gasteiger partial charge in [0, 0.05) is 0 Å². The van der Waals surface area contributed by atoms with Crippen LogP contribution >= 0.6 is 0 Å². The van der Waals surface area contributed by atoms with Gasteiger partial charge in [0.2, 0.25) is 0 Å². The first kappa shape index (κ1) is 17.5. The minimum atomic E-state index is -0.410. The number of benzene rings is 1. The van der Waals surface area contributed by atoms with Gasteiger partial charge in [-0.2, -0.15) is 5.26 Å². The second-order valence-corrected chi connectivity index (χ2v) is 5.80. The third kappa shape index (κ3) is 5.05. The summed E-state index contributed by atoms with van der Waals surface area (Å²) >= 11 is 0. The number of nitriles is 1. The van der Waals surface area contributed by atoms with E-state index in [1.807, 2.05) is 0 Å². The van der Waals surface area contributed by atoms with E-state index in [-0.39, 0.29) is 12.3 Å². The average Bonchev–Trinajstić information content (AvgIpc) is 2.57. The van der Waals surface area contributed by atoms with Crippen molar-refractivity contribution in [1.29, 1.82) is 5.26 Å². The van der Waals surface area contributed by atoms with Crippen molar-refractivity contribution in [3.05, 3.63) is 29.3 Å². The maximum Gasteiger partial charge on any atom is 0.319 e. The van der Waals surface area contributed by atoms with Crippen LogP contribution in [0.3, 0.4) is 0 Å². The highest BCUT2D eigenvalue weighted by Gasteiger charge is 2.29. The Labute approximate surface area is 137 Å². The first-order chi connectivity index (χ1) is 11.1. The van der Waals surface area contributed by atoms with Crippen LogP contribution in [0.15, 0.2) is 18.2 Å². The number of nitrogens with zero attached hydrogens (tertiary/aromatic N) is 1. The highest BCUT2D eigenvalue weighted by atomic mass is 16.7. The van der Waals surface area contributed by atoms with Gasteiger partial charge < -0.3 is 14.2 Å². The minimum absolute atomic E-state index is 0.206. The molecule has 0 N–H and O–H groups in total. The van der Waals surface area contributed by atoms with Crippen molar-refractivity contribution in [3.63, 3.8) is 0 Å². The summed E-state index contributed by atoms with van der Waals surface area (Å²) in [4.78, 5) is 12.2. The molecule has 0 aromatic heterocycles. The van der Waals surface area contributed by atoms with Gasteiger partial charge in [-0.1, -0.05) is 19.8 Å². The van der Waals surface area contributed by atoms with Gasteiger partial charge in [0.25, 0.3) is 0 Å². The van der Waals surface area contributed by atoms with Gasteiger partial charge in [0.05, 0.1) is 24.8 Å². The molecule has 1 aliphatic rings. The number of esters is 1. The fourth-order valence-electron chi connectivity index (χ4n) is 2.43. The molecule has 0 amide bonds. The zero-order valence-electron chi connectivity index (χ0n) is 13.7. The van der Waals surface area contributed by atoms with E-state index in [1.165, 1.54) is 0 Å². The second-order valence-electron chi connectivity index (χ2n) is 5.80. The highest BCUT2D eigenvalue weighted by Crippen LogP contribution is 2.22. The number of hydrogen-bond donors (Lipinski definition) is 0. The number of ether oxygens (including phenoxy) is 3. The second kappa shape index (κ2) is 8.66. The van der Waals surface area contributed by atoms with Crippen LogP contribution in [-0.4, -0.2) is 25.5 Å². The van der Waals surface area contributed by atoms with Gasteiger partial charge in [-0.05, 0) is 43.5 Å². The molecule has 0 aliphatic carbocycles. The predicted octanol–water partition coefficient (Wildman–Crippen LogP) is 3.34. The number of carbonyl (C=O) groups excluding carboxylic acids is 1. The Morgan fingerprint density at radius 2 is 2.09 bits per heavy atom. The zero-order chi connectivity index (χ0) is 16.7. The summed E-state index contributed by atoms with van der Waals surface area (Å²) in [5.41, 5.74) is 1.30. The lowest BCUT2D eigenvalue weighted by atomic mass is 10.1. The van der Waals surface area contributed by atoms with Crippen LogP contribution < -0.4 is 4.74 Å². The molecule has 0 bridgehead atoms. The molecule has 5 heteroatoms. The van der Waals surface area contributed by atoms with Crippen LogP contribution in [0.4, 0.5) is 0 Å². The van der Waals surface area contributed by atoms with Crippen LogP contribution in [0.2, 0.25) is 0 Å². The lowest BCUT2D eigenvalue weighted by molar-refractivity contribution is -0.208. The quantitative estimate of drug-likeness (QED) is 0.457. The van der Waals surface area contributed by atoms with E-state index in [9.17, 15) is 4.79 Å². The fraction of sp³-hybridized carbons (Fsp3) is 0.556. The maximum absolute atomic E-state index is 12.2. The summed E-state index contributed by atoms with van der Waals surface area (Å²) in [5, 5.41) is 8.85. The van der Waals surface area contributed by atoms with Crippen LogP contribution in [0.5, 0.6) is 5.75 Å². The molecule has 5 nitrogen and oxygen atoms in total. The van der Waals surface area contributed by atoms with Crippen molar-refractivity contribution < 1.29 is 19.0 Å². The topological polar surface area (TPSA) is 68.5 Å². The molecule has 0 unspecified atom stereocenters. The molecule has 23 heavy (non-hydrogen) atoms. The van der Waals surface area contributed by atoms with Gasteiger partial charge in [0.1, 0.15) is 11.7 Å². The van der Waals surface area contributed by atoms with Crippen LogP contribution in [-0.2, 0) is 14.3 Å². The van der Waals surface area contributed by atoms with Crippen molar-refractivity contribution in [2.45, 2.75) is 45.8 Å². The van der Waals surface area contributed by atoms with Gasteiger partial charge in [-0.3, -0.25) is 4.79 Å². The van der Waals surface area contributed by atoms with E-state index in [1.54, 1.807) is 25.1 Å². The van der Waals surface area contributed by atoms with E-state index < -0.39 is 5.92 Å². The third-order valence-electron chi connectivity index (χ3n) is 3.86. The largest absolute Gasteiger partial charge is 0.426 e. The standard InChI is InChI=1S/C18H23NO4/c1-3-4-5-6-17-21-11-15(12-22-17)18(20)23-16-8-7-14(10-19)9-13(16)2/h7-9,15,17H,3-6,11-12H2,1-2H3. The summed E-state index contributed by atoms with van der Waals surface area (Å²) in [5.74, 6) is -0.295. The smallest absolute Gasteiger partial charge is 0.319 e. The molecule has 0 spiro atoms. The third-order valence-corrected chi connectivity index (χ3v) is 3.86. The molecular formula is C18H23NO4. The molecule has 0 saturated carbocycles. The molecule has 124 valence electrons. The number of rotatable bonds is 6. The summed E-state index contributed by atoms with van der Waals surface area (Å²) < 4.78 is 16.6. The van der Waals surface area contributed by atoms with Crippen LogP contribution in [0.25, 0.3) is 0 Å². The van der Waals surface area contributed by atoms with Crippen molar-refractivity contribution in [2.75, 3.05) is 13.2 Å². The van der Waals surface area contributed by atoms with Crippen molar-refractivity contribution in [2.24, 2.45) is 5.92 Å². The lowest BCUT2D eigenvalue weighted by Crippen LogP contribution is -2.38. The van der Waals surface area contributed by atoms with E-state index in [0.717, 1.165) is 31.2 Å². The number of carbonyl (C=O) groups is 1. The minimum Gasteiger partial charge on any atom is -0.426 e. The molecule has 1 aromatic carbocycles. The molecule has 1 aromatic rings. The summed E-state index contributed by atoms with van der Waals surface area (Å²) in [7, 11) is 0. The van der Waals surface area contributed by atoms with Crippen molar-refractivity contribution >= 4 is 5.97 Å². The number of hydrogen-bond acceptors (Lipinski definition) is 5. The van der Waals surface area contributed by atoms with E-state index >= 15 is 0 Å². The Morgan fingerprint density at radius 3 is 2.70 bits per heavy atom. The van der Waals surface area contributed by atoms with Gasteiger partial charge in [-0.15, -0.1) is 0 Å². The molecular weight excluding hydrogens is 294 g/mol. The van der Waals surface area contributed by atoms with Gasteiger partial charge in [-0.25, -0.2) is 0 Å². The van der Waals surface area contributed by atoms with Gasteiger partial charge in [0.15, 0.2) is 6.29 Å². The molecule has 1 aliphatic heterocycles. The molecule has 1 heterocycles. The Balaban J connectivity index is 1.82. The Hall–Kier alpha value is -1.90. The maximum atomic E-state index is 12.2. The van der Waals surface area contributed by atoms with E-state index in [2.05, 4.69) is 13.0 Å². The Morgan fingerprint density at radius 1 is 1.35 bits per heavy atom. The molecule has 1 fully saturated rings. The molecule has 1 saturated heterocycles. The molecule has 0 radical (unpaired) electrons. The van der Waals surface area contributed by atoms with Crippen LogP contribution in [0, 0.1) is 24.2 Å². The number of aryl methyl sites for hydroxylation is 1. The van der Waals surface area contributed by atoms with Crippen LogP contribution in [0.1, 0.15) is 43.7 Å². The Kier molecular flexibility index (Phi) is 6.57. The summed E-state index contributed by atoms with van der Waals surface area (Å²) in [6.45, 7) is 4.61. The first-order valence-electron chi connectivity index (χ1n) is 8.09. The molecule has 2 rings (SSSR count). The zero-order valence-corrected chi connectivity index (χ0v) is 13.7. The highest BCUT2D eigenvalue weighted by molar-refractivity contribution is 5.76. The van der Waals surface area contributed by atoms with Crippen molar-refractivity contribution in [1.82, 2.24) is 0 Å². The van der Waals surface area contributed by atoms with Crippen molar-refractivity contribution in [3.8, 4) is 11.8 Å². The normalized spacial score (nSPS) is 20.7. The monoisotopic (exact) mass is 317 g/mol. The SMILES string of the molecule is CCCCCC1OCC(C(=O)Oc2ccc(C#N)cc2C)CO1. The molecule has 0 atom stereocenters. The average molecular weight is 317 g/mol. The van der Waals surface area contributed by atoms with E-state index in [4.69, 9.17) is 19.5 Å². The Bertz CT molecular complexity index is 571. The predicted molar refractivity (Wildman–Crippen MR) is 84.9 cm³/mol. The fourth-order valence-corrected chi connectivity index (χ4v) is 2.43. The lowest BCUT2D eigenvalue weighted by Gasteiger charge is -2.28. The van der Waals surface area contributed by atoms with E-state index in [0.29, 0.717) is 24.5 Å². The summed E-state index contributed by atoms with van der Waals surface area (Å²) in [6, 6.07) is 7.03. The number of unbranched alkanes of at least 4 members (excludes halogenated alkanes) is 2.